The number of hydrogen-bond acceptors (Lipinski definition) is 4. The van der Waals surface area contributed by atoms with Crippen LogP contribution in [0.15, 0.2) is 71.7 Å². The minimum absolute atomic E-state index is 0.325. The van der Waals surface area contributed by atoms with Crippen LogP contribution >= 0.6 is 11.6 Å². The number of hydrogen-bond donors (Lipinski definition) is 0. The number of rotatable bonds is 2. The van der Waals surface area contributed by atoms with Crippen LogP contribution in [0.1, 0.15) is 0 Å². The van der Waals surface area contributed by atoms with Crippen LogP contribution in [-0.4, -0.2) is 15.0 Å². The Balaban J connectivity index is 1.85. The van der Waals surface area contributed by atoms with E-state index in [1.54, 1.807) is 30.9 Å². The molecule has 1 aromatic carbocycles. The molecule has 0 unspecified atom stereocenters. The number of furan rings is 1. The molecule has 0 aliphatic rings. The van der Waals surface area contributed by atoms with Crippen molar-refractivity contribution in [1.29, 1.82) is 0 Å². The Morgan fingerprint density at radius 1 is 0.926 bits per heavy atom. The molecule has 27 heavy (non-hydrogen) atoms. The highest BCUT2D eigenvalue weighted by Gasteiger charge is 2.16. The highest BCUT2D eigenvalue weighted by molar-refractivity contribution is 6.30. The largest absolute Gasteiger partial charge is 0.462 e. The summed E-state index contributed by atoms with van der Waals surface area (Å²) in [5.74, 6) is -0.394. The summed E-state index contributed by atoms with van der Waals surface area (Å²) in [6.07, 6.45) is 6.71. The van der Waals surface area contributed by atoms with Crippen LogP contribution in [0.5, 0.6) is 0 Å². The van der Waals surface area contributed by atoms with Crippen molar-refractivity contribution in [3.8, 4) is 22.4 Å². The predicted molar refractivity (Wildman–Crippen MR) is 103 cm³/mol. The molecule has 0 N–H and O–H groups in total. The molecule has 4 aromatic heterocycles. The van der Waals surface area contributed by atoms with Crippen LogP contribution in [0.4, 0.5) is 4.39 Å². The SMILES string of the molecule is Fc1ccc(Cl)cc1-c1cc(-c2coc3cnccc23)c2cccnc2n1. The van der Waals surface area contributed by atoms with Crippen molar-refractivity contribution in [3.63, 3.8) is 0 Å². The van der Waals surface area contributed by atoms with Gasteiger partial charge in [-0.05, 0) is 48.0 Å². The summed E-state index contributed by atoms with van der Waals surface area (Å²) in [5, 5.41) is 2.21. The third kappa shape index (κ3) is 2.64. The summed E-state index contributed by atoms with van der Waals surface area (Å²) in [6, 6.07) is 11.9. The first-order valence-corrected chi connectivity index (χ1v) is 8.61. The highest BCUT2D eigenvalue weighted by Crippen LogP contribution is 2.37. The molecule has 0 radical (unpaired) electrons. The lowest BCUT2D eigenvalue weighted by molar-refractivity contribution is 0.615. The maximum atomic E-state index is 14.4. The molecular weight excluding hydrogens is 365 g/mol. The van der Waals surface area contributed by atoms with Gasteiger partial charge >= 0.3 is 0 Å². The Kier molecular flexibility index (Phi) is 3.62. The summed E-state index contributed by atoms with van der Waals surface area (Å²) in [5.41, 5.74) is 3.71. The quantitative estimate of drug-likeness (QED) is 0.385. The fraction of sp³-hybridized carbons (Fsp3) is 0. The van der Waals surface area contributed by atoms with Gasteiger partial charge in [0.1, 0.15) is 5.82 Å². The normalized spacial score (nSPS) is 11.3. The molecule has 5 aromatic rings. The molecule has 5 rings (SSSR count). The zero-order valence-corrected chi connectivity index (χ0v) is 14.6. The minimum Gasteiger partial charge on any atom is -0.462 e. The Morgan fingerprint density at radius 2 is 1.85 bits per heavy atom. The van der Waals surface area contributed by atoms with Crippen molar-refractivity contribution in [3.05, 3.63) is 78.2 Å². The van der Waals surface area contributed by atoms with Gasteiger partial charge in [0.2, 0.25) is 0 Å². The van der Waals surface area contributed by atoms with Gasteiger partial charge in [-0.25, -0.2) is 14.4 Å². The monoisotopic (exact) mass is 375 g/mol. The van der Waals surface area contributed by atoms with Crippen LogP contribution in [0.2, 0.25) is 5.02 Å². The van der Waals surface area contributed by atoms with Crippen LogP contribution in [0.25, 0.3) is 44.4 Å². The van der Waals surface area contributed by atoms with Crippen molar-refractivity contribution in [2.75, 3.05) is 0 Å². The number of fused-ring (bicyclic) bond motifs is 2. The summed E-state index contributed by atoms with van der Waals surface area (Å²) >= 11 is 6.07. The van der Waals surface area contributed by atoms with E-state index in [1.807, 2.05) is 24.3 Å². The van der Waals surface area contributed by atoms with Crippen LogP contribution in [0, 0.1) is 5.82 Å². The second kappa shape index (κ2) is 6.14. The molecule has 0 aliphatic carbocycles. The fourth-order valence-electron chi connectivity index (χ4n) is 3.20. The summed E-state index contributed by atoms with van der Waals surface area (Å²) in [4.78, 5) is 13.0. The van der Waals surface area contributed by atoms with Gasteiger partial charge in [-0.2, -0.15) is 0 Å². The highest BCUT2D eigenvalue weighted by atomic mass is 35.5. The summed E-state index contributed by atoms with van der Waals surface area (Å²) < 4.78 is 20.1. The third-order valence-electron chi connectivity index (χ3n) is 4.46. The first-order chi connectivity index (χ1) is 13.2. The lowest BCUT2D eigenvalue weighted by Gasteiger charge is -2.09. The zero-order chi connectivity index (χ0) is 18.4. The molecule has 130 valence electrons. The van der Waals surface area contributed by atoms with Gasteiger partial charge in [-0.15, -0.1) is 0 Å². The second-order valence-electron chi connectivity index (χ2n) is 6.08. The van der Waals surface area contributed by atoms with Gasteiger partial charge in [0.25, 0.3) is 0 Å². The molecule has 0 spiro atoms. The molecule has 0 amide bonds. The molecule has 0 bridgehead atoms. The number of pyridine rings is 3. The maximum Gasteiger partial charge on any atom is 0.160 e. The Hall–Kier alpha value is -3.31. The van der Waals surface area contributed by atoms with E-state index in [1.165, 1.54) is 12.1 Å². The van der Waals surface area contributed by atoms with E-state index in [4.69, 9.17) is 16.0 Å². The molecule has 0 saturated heterocycles. The van der Waals surface area contributed by atoms with Crippen LogP contribution in [-0.2, 0) is 0 Å². The molecule has 4 heterocycles. The summed E-state index contributed by atoms with van der Waals surface area (Å²) in [7, 11) is 0. The van der Waals surface area contributed by atoms with E-state index in [9.17, 15) is 4.39 Å². The zero-order valence-electron chi connectivity index (χ0n) is 13.9. The van der Waals surface area contributed by atoms with E-state index in [0.29, 0.717) is 27.5 Å². The number of halogens is 2. The average molecular weight is 376 g/mol. The van der Waals surface area contributed by atoms with Crippen molar-refractivity contribution in [1.82, 2.24) is 15.0 Å². The molecule has 6 heteroatoms. The van der Waals surface area contributed by atoms with Gasteiger partial charge in [-0.3, -0.25) is 4.98 Å². The standard InChI is InChI=1S/C21H11ClFN3O/c22-12-3-4-18(23)16(8-12)19-9-15(14-2-1-6-25-21(14)26-19)17-11-27-20-10-24-7-5-13(17)20/h1-11H. The van der Waals surface area contributed by atoms with Crippen molar-refractivity contribution in [2.45, 2.75) is 0 Å². The van der Waals surface area contributed by atoms with E-state index in [0.717, 1.165) is 21.9 Å². The van der Waals surface area contributed by atoms with Gasteiger partial charge < -0.3 is 4.42 Å². The third-order valence-corrected chi connectivity index (χ3v) is 4.69. The van der Waals surface area contributed by atoms with E-state index >= 15 is 0 Å². The molecule has 0 atom stereocenters. The van der Waals surface area contributed by atoms with Crippen LogP contribution in [0.3, 0.4) is 0 Å². The smallest absolute Gasteiger partial charge is 0.160 e. The van der Waals surface area contributed by atoms with Gasteiger partial charge in [-0.1, -0.05) is 11.6 Å². The number of benzene rings is 1. The van der Waals surface area contributed by atoms with E-state index < -0.39 is 5.82 Å². The minimum atomic E-state index is -0.394. The van der Waals surface area contributed by atoms with E-state index in [-0.39, 0.29) is 0 Å². The topological polar surface area (TPSA) is 51.8 Å². The first kappa shape index (κ1) is 15.9. The van der Waals surface area contributed by atoms with Gasteiger partial charge in [0.15, 0.2) is 11.2 Å². The Labute approximate surface area is 158 Å². The van der Waals surface area contributed by atoms with Crippen molar-refractivity contribution < 1.29 is 8.81 Å². The summed E-state index contributed by atoms with van der Waals surface area (Å²) in [6.45, 7) is 0. The van der Waals surface area contributed by atoms with Crippen LogP contribution < -0.4 is 0 Å². The van der Waals surface area contributed by atoms with Crippen molar-refractivity contribution >= 4 is 33.6 Å². The van der Waals surface area contributed by atoms with Gasteiger partial charge in [0, 0.05) is 39.3 Å². The Morgan fingerprint density at radius 3 is 2.78 bits per heavy atom. The lowest BCUT2D eigenvalue weighted by Crippen LogP contribution is -1.93. The number of aromatic nitrogens is 3. The molecule has 0 fully saturated rings. The molecule has 4 nitrogen and oxygen atoms in total. The average Bonchev–Trinajstić information content (AvgIpc) is 3.13. The second-order valence-corrected chi connectivity index (χ2v) is 6.51. The van der Waals surface area contributed by atoms with Crippen molar-refractivity contribution in [2.24, 2.45) is 0 Å². The molecule has 0 aliphatic heterocycles. The van der Waals surface area contributed by atoms with E-state index in [2.05, 4.69) is 15.0 Å². The first-order valence-electron chi connectivity index (χ1n) is 8.23. The lowest BCUT2D eigenvalue weighted by atomic mass is 9.99. The maximum absolute atomic E-state index is 14.4. The molecular formula is C21H11ClFN3O. The molecule has 0 saturated carbocycles. The van der Waals surface area contributed by atoms with Gasteiger partial charge in [0.05, 0.1) is 18.2 Å². The number of nitrogens with zero attached hydrogens (tertiary/aromatic N) is 3. The Bertz CT molecular complexity index is 1320. The predicted octanol–water partition coefficient (Wildman–Crippen LogP) is 5.90. The fourth-order valence-corrected chi connectivity index (χ4v) is 3.37.